The first-order chi connectivity index (χ1) is 8.45. The van der Waals surface area contributed by atoms with Crippen LogP contribution in [0.5, 0.6) is 0 Å². The third-order valence-corrected chi connectivity index (χ3v) is 2.95. The van der Waals surface area contributed by atoms with Crippen LogP contribution in [0.2, 0.25) is 0 Å². The number of aryl methyl sites for hydroxylation is 1. The predicted octanol–water partition coefficient (Wildman–Crippen LogP) is -2.06. The van der Waals surface area contributed by atoms with Crippen LogP contribution in [0, 0.1) is 10.1 Å². The second-order valence-electron chi connectivity index (χ2n) is 3.37. The van der Waals surface area contributed by atoms with Gasteiger partial charge in [-0.15, -0.1) is 0 Å². The number of esters is 1. The average molecular weight is 295 g/mol. The molecule has 1 aromatic rings. The molecule has 0 fully saturated rings. The molecule has 0 aliphatic rings. The minimum absolute atomic E-state index is 0. The molecule has 0 saturated carbocycles. The Morgan fingerprint density at radius 2 is 2.11 bits per heavy atom. The maximum atomic E-state index is 10.9. The second-order valence-corrected chi connectivity index (χ2v) is 4.28. The number of benzene rings is 1. The second kappa shape index (κ2) is 8.39. The van der Waals surface area contributed by atoms with E-state index in [1.54, 1.807) is 0 Å². The zero-order valence-corrected chi connectivity index (χ0v) is 13.3. The molecule has 0 aromatic heterocycles. The number of carbonyl (C=O) groups is 1. The van der Waals surface area contributed by atoms with Crippen molar-refractivity contribution in [3.63, 3.8) is 0 Å². The summed E-state index contributed by atoms with van der Waals surface area (Å²) >= 11 is -2.67. The van der Waals surface area contributed by atoms with E-state index < -0.39 is 27.7 Å². The van der Waals surface area contributed by atoms with Crippen molar-refractivity contribution >= 4 is 22.7 Å². The van der Waals surface area contributed by atoms with Crippen molar-refractivity contribution < 1.29 is 52.8 Å². The van der Waals surface area contributed by atoms with Crippen LogP contribution in [0.15, 0.2) is 23.1 Å². The molecule has 7 nitrogen and oxygen atoms in total. The molecule has 0 radical (unpaired) electrons. The maximum absolute atomic E-state index is 10.9. The molecule has 0 N–H and O–H groups in total. The summed E-state index contributed by atoms with van der Waals surface area (Å²) in [7, 11) is 1.24. The van der Waals surface area contributed by atoms with Gasteiger partial charge in [-0.3, -0.25) is 19.1 Å². The average Bonchev–Trinajstić information content (AvgIpc) is 2.35. The molecule has 98 valence electrons. The molecular formula is C10H10NNaO6S. The molecular weight excluding hydrogens is 285 g/mol. The summed E-state index contributed by atoms with van der Waals surface area (Å²) in [6.07, 6.45) is 0.326. The minimum Gasteiger partial charge on any atom is -0.768 e. The molecule has 9 heteroatoms. The van der Waals surface area contributed by atoms with Crippen molar-refractivity contribution in [3.05, 3.63) is 33.9 Å². The third-order valence-electron chi connectivity index (χ3n) is 2.25. The Morgan fingerprint density at radius 3 is 2.58 bits per heavy atom. The summed E-state index contributed by atoms with van der Waals surface area (Å²) in [5.41, 5.74) is 0.00648. The summed E-state index contributed by atoms with van der Waals surface area (Å²) in [5.74, 6) is -0.436. The Kier molecular flexibility index (Phi) is 8.03. The fourth-order valence-corrected chi connectivity index (χ4v) is 1.83. The topological polar surface area (TPSA) is 110 Å². The van der Waals surface area contributed by atoms with Crippen molar-refractivity contribution in [1.82, 2.24) is 0 Å². The van der Waals surface area contributed by atoms with E-state index in [0.29, 0.717) is 5.56 Å². The van der Waals surface area contributed by atoms with E-state index in [0.717, 1.165) is 12.1 Å². The Morgan fingerprint density at radius 1 is 1.47 bits per heavy atom. The summed E-state index contributed by atoms with van der Waals surface area (Å²) in [6, 6.07) is 3.73. The number of hydrogen-bond donors (Lipinski definition) is 0. The summed E-state index contributed by atoms with van der Waals surface area (Å²) in [6.45, 7) is 0. The molecule has 1 atom stereocenters. The predicted molar refractivity (Wildman–Crippen MR) is 60.6 cm³/mol. The Balaban J connectivity index is 0.00000324. The van der Waals surface area contributed by atoms with Gasteiger partial charge in [0.25, 0.3) is 5.69 Å². The van der Waals surface area contributed by atoms with Crippen LogP contribution in [0.3, 0.4) is 0 Å². The number of carbonyl (C=O) groups excluding carboxylic acids is 1. The van der Waals surface area contributed by atoms with Gasteiger partial charge < -0.3 is 9.29 Å². The van der Waals surface area contributed by atoms with E-state index in [9.17, 15) is 23.7 Å². The van der Waals surface area contributed by atoms with Crippen LogP contribution < -0.4 is 29.6 Å². The Labute approximate surface area is 134 Å². The van der Waals surface area contributed by atoms with E-state index in [1.807, 2.05) is 0 Å². The number of hydrogen-bond acceptors (Lipinski definition) is 6. The van der Waals surface area contributed by atoms with Gasteiger partial charge in [-0.1, -0.05) is 6.07 Å². The molecule has 1 aromatic carbocycles. The number of methoxy groups -OCH3 is 1. The van der Waals surface area contributed by atoms with E-state index in [2.05, 4.69) is 4.74 Å². The quantitative estimate of drug-likeness (QED) is 0.203. The van der Waals surface area contributed by atoms with Gasteiger partial charge in [0, 0.05) is 12.5 Å². The first-order valence-electron chi connectivity index (χ1n) is 4.89. The van der Waals surface area contributed by atoms with Crippen LogP contribution in [-0.2, 0) is 27.0 Å². The van der Waals surface area contributed by atoms with Crippen molar-refractivity contribution in [2.24, 2.45) is 0 Å². The van der Waals surface area contributed by atoms with Gasteiger partial charge in [0.05, 0.1) is 12.0 Å². The summed E-state index contributed by atoms with van der Waals surface area (Å²) in [4.78, 5) is 20.5. The third kappa shape index (κ3) is 5.37. The maximum Gasteiger partial charge on any atom is 1.00 e. The van der Waals surface area contributed by atoms with Gasteiger partial charge in [-0.25, -0.2) is 0 Å². The van der Waals surface area contributed by atoms with E-state index >= 15 is 0 Å². The van der Waals surface area contributed by atoms with Gasteiger partial charge in [0.1, 0.15) is 4.90 Å². The van der Waals surface area contributed by atoms with Crippen molar-refractivity contribution in [2.45, 2.75) is 17.7 Å². The first kappa shape index (κ1) is 18.2. The van der Waals surface area contributed by atoms with Crippen molar-refractivity contribution in [1.29, 1.82) is 0 Å². The van der Waals surface area contributed by atoms with Crippen LogP contribution in [-0.4, -0.2) is 26.8 Å². The van der Waals surface area contributed by atoms with Crippen LogP contribution in [0.1, 0.15) is 12.0 Å². The monoisotopic (exact) mass is 295 g/mol. The first-order valence-corrected chi connectivity index (χ1v) is 5.96. The molecule has 0 heterocycles. The normalized spacial score (nSPS) is 11.3. The molecule has 0 bridgehead atoms. The molecule has 19 heavy (non-hydrogen) atoms. The van der Waals surface area contributed by atoms with Crippen LogP contribution >= 0.6 is 0 Å². The summed E-state index contributed by atoms with van der Waals surface area (Å²) in [5, 5.41) is 10.7. The molecule has 0 amide bonds. The zero-order valence-electron chi connectivity index (χ0n) is 10.5. The Hall–Kier alpha value is -0.800. The Bertz CT molecular complexity index is 507. The van der Waals surface area contributed by atoms with Gasteiger partial charge in [-0.05, 0) is 29.1 Å². The smallest absolute Gasteiger partial charge is 0.768 e. The van der Waals surface area contributed by atoms with Crippen LogP contribution in [0.25, 0.3) is 0 Å². The SMILES string of the molecule is COC(=O)CCc1ccc(S(=O)[O-])c([N+](=O)[O-])c1.[Na+]. The molecule has 0 aliphatic carbocycles. The fourth-order valence-electron chi connectivity index (χ4n) is 1.35. The van der Waals surface area contributed by atoms with Gasteiger partial charge in [-0.2, -0.15) is 0 Å². The largest absolute Gasteiger partial charge is 1.00 e. The van der Waals surface area contributed by atoms with E-state index in [-0.39, 0.29) is 47.3 Å². The zero-order chi connectivity index (χ0) is 13.7. The van der Waals surface area contributed by atoms with Crippen molar-refractivity contribution in [3.8, 4) is 0 Å². The number of nitro benzene ring substituents is 1. The molecule has 1 unspecified atom stereocenters. The number of ether oxygens (including phenoxy) is 1. The van der Waals surface area contributed by atoms with Crippen molar-refractivity contribution in [2.75, 3.05) is 7.11 Å². The minimum atomic E-state index is -2.67. The van der Waals surface area contributed by atoms with Gasteiger partial charge >= 0.3 is 35.5 Å². The number of nitro groups is 1. The van der Waals surface area contributed by atoms with Crippen LogP contribution in [0.4, 0.5) is 5.69 Å². The summed E-state index contributed by atoms with van der Waals surface area (Å²) < 4.78 is 26.0. The molecule has 0 spiro atoms. The number of rotatable bonds is 5. The standard InChI is InChI=1S/C10H11NO6S.Na/c1-17-10(12)5-3-7-2-4-9(18(15)16)8(6-7)11(13)14;/h2,4,6H,3,5H2,1H3,(H,15,16);/q;+1/p-1. The van der Waals surface area contributed by atoms with Gasteiger partial charge in [0.2, 0.25) is 0 Å². The molecule has 0 aliphatic heterocycles. The van der Waals surface area contributed by atoms with Gasteiger partial charge in [0.15, 0.2) is 0 Å². The van der Waals surface area contributed by atoms with E-state index in [4.69, 9.17) is 0 Å². The van der Waals surface area contributed by atoms with E-state index in [1.165, 1.54) is 13.2 Å². The fraction of sp³-hybridized carbons (Fsp3) is 0.300. The molecule has 1 rings (SSSR count). The number of nitrogens with zero attached hydrogens (tertiary/aromatic N) is 1. The molecule has 0 saturated heterocycles.